The van der Waals surface area contributed by atoms with Crippen LogP contribution in [0.25, 0.3) is 0 Å². The van der Waals surface area contributed by atoms with Crippen LogP contribution in [0.3, 0.4) is 0 Å². The largest absolute Gasteiger partial charge is 0.0884 e. The van der Waals surface area contributed by atoms with Crippen molar-refractivity contribution in [3.63, 3.8) is 0 Å². The molecule has 0 radical (unpaired) electrons. The van der Waals surface area contributed by atoms with E-state index in [9.17, 15) is 0 Å². The quantitative estimate of drug-likeness (QED) is 0.686. The monoisotopic (exact) mass is 274 g/mol. The predicted octanol–water partition coefficient (Wildman–Crippen LogP) is 3.70. The fraction of sp³-hybridized carbons (Fsp3) is 0.333. The molecule has 0 amide bonds. The van der Waals surface area contributed by atoms with Crippen LogP contribution >= 0.6 is 31.9 Å². The van der Waals surface area contributed by atoms with Crippen LogP contribution < -0.4 is 0 Å². The van der Waals surface area contributed by atoms with Gasteiger partial charge in [0.1, 0.15) is 0 Å². The summed E-state index contributed by atoms with van der Waals surface area (Å²) >= 11 is 7.06. The first-order chi connectivity index (χ1) is 5.27. The van der Waals surface area contributed by atoms with Crippen molar-refractivity contribution in [2.45, 2.75) is 17.2 Å². The lowest BCUT2D eigenvalue weighted by molar-refractivity contribution is 1.14. The van der Waals surface area contributed by atoms with Crippen molar-refractivity contribution in [3.8, 4) is 0 Å². The minimum absolute atomic E-state index is 0.719. The highest BCUT2D eigenvalue weighted by atomic mass is 79.9. The van der Waals surface area contributed by atoms with Gasteiger partial charge in [-0.15, -0.1) is 0 Å². The lowest BCUT2D eigenvalue weighted by atomic mass is 10.1. The molecule has 1 aromatic rings. The molecule has 0 aliphatic heterocycles. The highest BCUT2D eigenvalue weighted by molar-refractivity contribution is 9.10. The van der Waals surface area contributed by atoms with Crippen LogP contribution in [0.4, 0.5) is 0 Å². The highest BCUT2D eigenvalue weighted by Gasteiger charge is 2.35. The summed E-state index contributed by atoms with van der Waals surface area (Å²) < 4.78 is 1.18. The van der Waals surface area contributed by atoms with Gasteiger partial charge in [-0.1, -0.05) is 44.0 Å². The van der Waals surface area contributed by atoms with E-state index in [1.807, 2.05) is 0 Å². The average Bonchev–Trinajstić information content (AvgIpc) is 2.67. The van der Waals surface area contributed by atoms with E-state index in [2.05, 4.69) is 56.1 Å². The Bertz CT molecular complexity index is 270. The van der Waals surface area contributed by atoms with Gasteiger partial charge in [0.05, 0.1) is 0 Å². The van der Waals surface area contributed by atoms with Crippen molar-refractivity contribution >= 4 is 31.9 Å². The topological polar surface area (TPSA) is 0 Å². The Kier molecular flexibility index (Phi) is 2.06. The van der Waals surface area contributed by atoms with Crippen molar-refractivity contribution in [1.82, 2.24) is 0 Å². The molecule has 0 unspecified atom stereocenters. The third-order valence-electron chi connectivity index (χ3n) is 1.99. The second-order valence-electron chi connectivity index (χ2n) is 2.91. The molecule has 1 aliphatic rings. The van der Waals surface area contributed by atoms with Gasteiger partial charge in [0, 0.05) is 9.30 Å². The Hall–Kier alpha value is 0.180. The lowest BCUT2D eigenvalue weighted by Gasteiger charge is -1.97. The van der Waals surface area contributed by atoms with Crippen LogP contribution in [0.15, 0.2) is 28.7 Å². The summed E-state index contributed by atoms with van der Waals surface area (Å²) in [6, 6.07) is 8.55. The Labute approximate surface area is 83.3 Å². The molecule has 58 valence electrons. The van der Waals surface area contributed by atoms with E-state index in [0.717, 1.165) is 10.7 Å². The van der Waals surface area contributed by atoms with Crippen molar-refractivity contribution in [2.75, 3.05) is 0 Å². The van der Waals surface area contributed by atoms with Gasteiger partial charge >= 0.3 is 0 Å². The maximum absolute atomic E-state index is 3.59. The van der Waals surface area contributed by atoms with Gasteiger partial charge < -0.3 is 0 Å². The molecule has 0 saturated heterocycles. The lowest BCUT2D eigenvalue weighted by Crippen LogP contribution is -1.80. The molecule has 0 aromatic heterocycles. The number of halogens is 2. The molecule has 1 aliphatic carbocycles. The van der Waals surface area contributed by atoms with E-state index in [4.69, 9.17) is 0 Å². The summed E-state index contributed by atoms with van der Waals surface area (Å²) in [6.07, 6.45) is 1.29. The summed E-state index contributed by atoms with van der Waals surface area (Å²) in [7, 11) is 0. The molecule has 2 heteroatoms. The molecule has 0 N–H and O–H groups in total. The van der Waals surface area contributed by atoms with Gasteiger partial charge in [-0.25, -0.2) is 0 Å². The van der Waals surface area contributed by atoms with E-state index in [0.29, 0.717) is 0 Å². The number of hydrogen-bond acceptors (Lipinski definition) is 0. The molecule has 1 saturated carbocycles. The van der Waals surface area contributed by atoms with Gasteiger partial charge in [-0.05, 0) is 30.0 Å². The maximum Gasteiger partial charge on any atom is 0.0221 e. The average molecular weight is 276 g/mol. The molecule has 2 atom stereocenters. The maximum atomic E-state index is 3.59. The van der Waals surface area contributed by atoms with Crippen molar-refractivity contribution in [2.24, 2.45) is 0 Å². The Balaban J connectivity index is 2.25. The first-order valence-corrected chi connectivity index (χ1v) is 5.38. The van der Waals surface area contributed by atoms with Crippen LogP contribution in [0, 0.1) is 0 Å². The SMILES string of the molecule is Brc1cccc([C@@H]2C[C@@H]2Br)c1. The zero-order valence-corrected chi connectivity index (χ0v) is 9.10. The van der Waals surface area contributed by atoms with Gasteiger partial charge in [-0.3, -0.25) is 0 Å². The molecule has 1 fully saturated rings. The zero-order chi connectivity index (χ0) is 7.84. The van der Waals surface area contributed by atoms with E-state index in [1.54, 1.807) is 0 Å². The van der Waals surface area contributed by atoms with E-state index in [1.165, 1.54) is 16.5 Å². The summed E-state index contributed by atoms with van der Waals surface area (Å²) in [6.45, 7) is 0. The molecule has 0 nitrogen and oxygen atoms in total. The zero-order valence-electron chi connectivity index (χ0n) is 5.93. The third kappa shape index (κ3) is 1.67. The smallest absolute Gasteiger partial charge is 0.0221 e. The summed E-state index contributed by atoms with van der Waals surface area (Å²) in [5.74, 6) is 0.757. The van der Waals surface area contributed by atoms with Crippen molar-refractivity contribution in [1.29, 1.82) is 0 Å². The Morgan fingerprint density at radius 3 is 2.64 bits per heavy atom. The summed E-state index contributed by atoms with van der Waals surface area (Å²) in [4.78, 5) is 0.719. The highest BCUT2D eigenvalue weighted by Crippen LogP contribution is 2.46. The van der Waals surface area contributed by atoms with Gasteiger partial charge in [0.15, 0.2) is 0 Å². The molecule has 0 spiro atoms. The van der Waals surface area contributed by atoms with E-state index in [-0.39, 0.29) is 0 Å². The van der Waals surface area contributed by atoms with Crippen LogP contribution in [0.5, 0.6) is 0 Å². The molecule has 1 aromatic carbocycles. The fourth-order valence-electron chi connectivity index (χ4n) is 1.25. The van der Waals surface area contributed by atoms with Gasteiger partial charge in [-0.2, -0.15) is 0 Å². The van der Waals surface area contributed by atoms with Crippen molar-refractivity contribution in [3.05, 3.63) is 34.3 Å². The van der Waals surface area contributed by atoms with Crippen LogP contribution in [0.2, 0.25) is 0 Å². The molecule has 11 heavy (non-hydrogen) atoms. The van der Waals surface area contributed by atoms with E-state index >= 15 is 0 Å². The molecule has 0 heterocycles. The number of alkyl halides is 1. The Morgan fingerprint density at radius 2 is 2.09 bits per heavy atom. The van der Waals surface area contributed by atoms with Crippen LogP contribution in [-0.2, 0) is 0 Å². The molecule has 2 rings (SSSR count). The fourth-order valence-corrected chi connectivity index (χ4v) is 2.37. The normalized spacial score (nSPS) is 28.5. The predicted molar refractivity (Wildman–Crippen MR) is 54.2 cm³/mol. The number of rotatable bonds is 1. The van der Waals surface area contributed by atoms with Crippen LogP contribution in [-0.4, -0.2) is 4.83 Å². The number of hydrogen-bond donors (Lipinski definition) is 0. The second kappa shape index (κ2) is 2.91. The number of benzene rings is 1. The molecular weight excluding hydrogens is 268 g/mol. The van der Waals surface area contributed by atoms with Gasteiger partial charge in [0.2, 0.25) is 0 Å². The Morgan fingerprint density at radius 1 is 1.36 bits per heavy atom. The van der Waals surface area contributed by atoms with E-state index < -0.39 is 0 Å². The van der Waals surface area contributed by atoms with Crippen LogP contribution in [0.1, 0.15) is 17.9 Å². The molecule has 0 bridgehead atoms. The summed E-state index contributed by atoms with van der Waals surface area (Å²) in [5, 5.41) is 0. The third-order valence-corrected chi connectivity index (χ3v) is 3.49. The minimum Gasteiger partial charge on any atom is -0.0884 e. The first kappa shape index (κ1) is 7.81. The minimum atomic E-state index is 0.719. The standard InChI is InChI=1S/C9H8Br2/c10-7-3-1-2-6(4-7)8-5-9(8)11/h1-4,8-9H,5H2/t8-,9-/m0/s1. The summed E-state index contributed by atoms with van der Waals surface area (Å²) in [5.41, 5.74) is 1.45. The first-order valence-electron chi connectivity index (χ1n) is 3.67. The molecular formula is C9H8Br2. The second-order valence-corrected chi connectivity index (χ2v) is 5.01. The van der Waals surface area contributed by atoms with Gasteiger partial charge in [0.25, 0.3) is 0 Å². The van der Waals surface area contributed by atoms with Crippen molar-refractivity contribution < 1.29 is 0 Å².